The van der Waals surface area contributed by atoms with Crippen LogP contribution < -0.4 is 14.4 Å². The molecule has 1 saturated heterocycles. The zero-order chi connectivity index (χ0) is 24.2. The molecule has 1 aliphatic rings. The molecule has 1 N–H and O–H groups in total. The Morgan fingerprint density at radius 2 is 1.79 bits per heavy atom. The fourth-order valence-corrected chi connectivity index (χ4v) is 4.65. The molecule has 1 amide bonds. The summed E-state index contributed by atoms with van der Waals surface area (Å²) in [5.74, 6) is -0.213. The number of carboxylic acid groups (broad SMARTS) is 1. The van der Waals surface area contributed by atoms with E-state index in [0.717, 1.165) is 11.1 Å². The summed E-state index contributed by atoms with van der Waals surface area (Å²) >= 11 is 12.5. The standard InChI is InChI=1S/C25H18ClNO5S2/c1-31-21-12-16(4-11-20(21)32-14-15-2-7-18(26)8-3-15)13-22-23(28)27(25(33)34-22)19-9-5-17(6-10-19)24(29)30/h2-13H,14H2,1H3,(H,29,30)/b22-13-. The third-order valence-corrected chi connectivity index (χ3v) is 6.51. The van der Waals surface area contributed by atoms with Gasteiger partial charge in [0.05, 0.1) is 23.3 Å². The van der Waals surface area contributed by atoms with Crippen LogP contribution in [0.25, 0.3) is 6.08 Å². The number of aromatic carboxylic acids is 1. The van der Waals surface area contributed by atoms with E-state index in [4.69, 9.17) is 38.4 Å². The summed E-state index contributed by atoms with van der Waals surface area (Å²) in [5.41, 5.74) is 2.36. The Labute approximate surface area is 210 Å². The van der Waals surface area contributed by atoms with Gasteiger partial charge in [0.1, 0.15) is 6.61 Å². The van der Waals surface area contributed by atoms with Crippen LogP contribution in [0.3, 0.4) is 0 Å². The van der Waals surface area contributed by atoms with Crippen molar-refractivity contribution in [2.75, 3.05) is 12.0 Å². The van der Waals surface area contributed by atoms with Crippen LogP contribution in [0.15, 0.2) is 71.6 Å². The second-order valence-electron chi connectivity index (χ2n) is 7.19. The SMILES string of the molecule is COc1cc(/C=C2\SC(=S)N(c3ccc(C(=O)O)cc3)C2=O)ccc1OCc1ccc(Cl)cc1. The molecule has 3 aromatic rings. The Morgan fingerprint density at radius 3 is 2.44 bits per heavy atom. The number of carbonyl (C=O) groups is 2. The van der Waals surface area contributed by atoms with Gasteiger partial charge in [-0.1, -0.05) is 53.8 Å². The van der Waals surface area contributed by atoms with E-state index >= 15 is 0 Å². The Morgan fingerprint density at radius 1 is 1.09 bits per heavy atom. The van der Waals surface area contributed by atoms with E-state index < -0.39 is 5.97 Å². The summed E-state index contributed by atoms with van der Waals surface area (Å²) in [6.45, 7) is 0.353. The number of anilines is 1. The topological polar surface area (TPSA) is 76.1 Å². The number of thioether (sulfide) groups is 1. The fraction of sp³-hybridized carbons (Fsp3) is 0.0800. The van der Waals surface area contributed by atoms with Crippen molar-refractivity contribution in [1.29, 1.82) is 0 Å². The average molecular weight is 512 g/mol. The second kappa shape index (κ2) is 10.3. The van der Waals surface area contributed by atoms with Crippen LogP contribution >= 0.6 is 35.6 Å². The highest BCUT2D eigenvalue weighted by Crippen LogP contribution is 2.37. The zero-order valence-corrected chi connectivity index (χ0v) is 20.2. The molecule has 0 bridgehead atoms. The molecule has 4 rings (SSSR count). The number of hydrogen-bond donors (Lipinski definition) is 1. The van der Waals surface area contributed by atoms with E-state index in [9.17, 15) is 9.59 Å². The third-order valence-electron chi connectivity index (χ3n) is 4.96. The number of carboxylic acids is 1. The molecule has 172 valence electrons. The minimum Gasteiger partial charge on any atom is -0.493 e. The lowest BCUT2D eigenvalue weighted by Crippen LogP contribution is -2.27. The molecule has 1 aliphatic heterocycles. The maximum absolute atomic E-state index is 13.0. The first kappa shape index (κ1) is 23.8. The maximum atomic E-state index is 13.0. The van der Waals surface area contributed by atoms with E-state index in [1.54, 1.807) is 49.6 Å². The van der Waals surface area contributed by atoms with Crippen LogP contribution in [0.1, 0.15) is 21.5 Å². The molecular weight excluding hydrogens is 494 g/mol. The zero-order valence-electron chi connectivity index (χ0n) is 17.9. The van der Waals surface area contributed by atoms with Gasteiger partial charge in [-0.25, -0.2) is 4.79 Å². The lowest BCUT2D eigenvalue weighted by Gasteiger charge is -2.14. The highest BCUT2D eigenvalue weighted by atomic mass is 35.5. The number of hydrogen-bond acceptors (Lipinski definition) is 6. The normalized spacial score (nSPS) is 14.5. The summed E-state index contributed by atoms with van der Waals surface area (Å²) in [6.07, 6.45) is 1.73. The van der Waals surface area contributed by atoms with Crippen LogP contribution in [0.4, 0.5) is 5.69 Å². The van der Waals surface area contributed by atoms with Crippen molar-refractivity contribution in [3.8, 4) is 11.5 Å². The molecule has 3 aromatic carbocycles. The van der Waals surface area contributed by atoms with Crippen molar-refractivity contribution in [1.82, 2.24) is 0 Å². The number of carbonyl (C=O) groups excluding carboxylic acids is 1. The molecule has 9 heteroatoms. The molecule has 34 heavy (non-hydrogen) atoms. The second-order valence-corrected chi connectivity index (χ2v) is 9.31. The summed E-state index contributed by atoms with van der Waals surface area (Å²) < 4.78 is 11.7. The Kier molecular flexibility index (Phi) is 7.21. The number of thiocarbonyl (C=S) groups is 1. The molecule has 0 aliphatic carbocycles. The number of benzene rings is 3. The largest absolute Gasteiger partial charge is 0.493 e. The van der Waals surface area contributed by atoms with Crippen LogP contribution in [0.2, 0.25) is 5.02 Å². The molecule has 0 spiro atoms. The molecular formula is C25H18ClNO5S2. The molecule has 1 heterocycles. The monoisotopic (exact) mass is 511 g/mol. The van der Waals surface area contributed by atoms with Gasteiger partial charge in [0.2, 0.25) is 0 Å². The van der Waals surface area contributed by atoms with Crippen molar-refractivity contribution in [2.45, 2.75) is 6.61 Å². The lowest BCUT2D eigenvalue weighted by atomic mass is 10.1. The van der Waals surface area contributed by atoms with Crippen LogP contribution in [-0.4, -0.2) is 28.4 Å². The number of methoxy groups -OCH3 is 1. The van der Waals surface area contributed by atoms with Gasteiger partial charge >= 0.3 is 5.97 Å². The summed E-state index contributed by atoms with van der Waals surface area (Å²) in [7, 11) is 1.55. The minimum atomic E-state index is -1.04. The van der Waals surface area contributed by atoms with E-state index in [1.807, 2.05) is 18.2 Å². The first-order valence-corrected chi connectivity index (χ1v) is 11.6. The van der Waals surface area contributed by atoms with Crippen molar-refractivity contribution in [3.63, 3.8) is 0 Å². The highest BCUT2D eigenvalue weighted by molar-refractivity contribution is 8.27. The molecule has 0 saturated carbocycles. The smallest absolute Gasteiger partial charge is 0.335 e. The number of amides is 1. The number of nitrogens with zero attached hydrogens (tertiary/aromatic N) is 1. The number of halogens is 1. The average Bonchev–Trinajstić information content (AvgIpc) is 3.11. The van der Waals surface area contributed by atoms with Gasteiger partial charge in [-0.2, -0.15) is 0 Å². The number of ether oxygens (including phenoxy) is 2. The van der Waals surface area contributed by atoms with Gasteiger partial charge in [-0.15, -0.1) is 0 Å². The first-order valence-electron chi connectivity index (χ1n) is 10.0. The highest BCUT2D eigenvalue weighted by Gasteiger charge is 2.33. The predicted molar refractivity (Wildman–Crippen MR) is 138 cm³/mol. The van der Waals surface area contributed by atoms with Crippen molar-refractivity contribution in [3.05, 3.63) is 93.3 Å². The molecule has 6 nitrogen and oxygen atoms in total. The van der Waals surface area contributed by atoms with Crippen LogP contribution in [0, 0.1) is 0 Å². The van der Waals surface area contributed by atoms with Crippen molar-refractivity contribution < 1.29 is 24.2 Å². The van der Waals surface area contributed by atoms with Gasteiger partial charge in [-0.05, 0) is 65.7 Å². The van der Waals surface area contributed by atoms with E-state index in [-0.39, 0.29) is 11.5 Å². The Bertz CT molecular complexity index is 1290. The lowest BCUT2D eigenvalue weighted by molar-refractivity contribution is -0.113. The fourth-order valence-electron chi connectivity index (χ4n) is 3.23. The molecule has 0 unspecified atom stereocenters. The summed E-state index contributed by atoms with van der Waals surface area (Å²) in [5, 5.41) is 9.73. The molecule has 1 fully saturated rings. The third kappa shape index (κ3) is 5.25. The quantitative estimate of drug-likeness (QED) is 0.306. The Hall–Kier alpha value is -3.33. The Balaban J connectivity index is 1.51. The van der Waals surface area contributed by atoms with E-state index in [2.05, 4.69) is 0 Å². The number of rotatable bonds is 7. The molecule has 0 atom stereocenters. The van der Waals surface area contributed by atoms with Gasteiger partial charge in [-0.3, -0.25) is 9.69 Å². The van der Waals surface area contributed by atoms with Crippen LogP contribution in [0.5, 0.6) is 11.5 Å². The minimum absolute atomic E-state index is 0.134. The maximum Gasteiger partial charge on any atom is 0.335 e. The van der Waals surface area contributed by atoms with Crippen molar-refractivity contribution in [2.24, 2.45) is 0 Å². The summed E-state index contributed by atoms with van der Waals surface area (Å²) in [6, 6.07) is 18.8. The van der Waals surface area contributed by atoms with Gasteiger partial charge in [0, 0.05) is 5.02 Å². The van der Waals surface area contributed by atoms with E-state index in [0.29, 0.717) is 38.0 Å². The van der Waals surface area contributed by atoms with Gasteiger partial charge in [0.25, 0.3) is 5.91 Å². The van der Waals surface area contributed by atoms with Crippen LogP contribution in [-0.2, 0) is 11.4 Å². The van der Waals surface area contributed by atoms with Gasteiger partial charge < -0.3 is 14.6 Å². The molecule has 0 aromatic heterocycles. The molecule has 0 radical (unpaired) electrons. The first-order chi connectivity index (χ1) is 16.4. The predicted octanol–water partition coefficient (Wildman–Crippen LogP) is 6.03. The summed E-state index contributed by atoms with van der Waals surface area (Å²) in [4.78, 5) is 25.9. The van der Waals surface area contributed by atoms with Crippen molar-refractivity contribution >= 4 is 63.5 Å². The van der Waals surface area contributed by atoms with E-state index in [1.165, 1.54) is 28.8 Å². The van der Waals surface area contributed by atoms with Gasteiger partial charge in [0.15, 0.2) is 15.8 Å².